The van der Waals surface area contributed by atoms with Gasteiger partial charge in [-0.1, -0.05) is 23.4 Å². The molecule has 3 amide bonds. The van der Waals surface area contributed by atoms with Crippen molar-refractivity contribution in [1.29, 1.82) is 0 Å². The van der Waals surface area contributed by atoms with E-state index in [1.807, 2.05) is 0 Å². The number of aromatic nitrogens is 1. The Labute approximate surface area is 186 Å². The molecule has 32 heavy (non-hydrogen) atoms. The second kappa shape index (κ2) is 9.29. The lowest BCUT2D eigenvalue weighted by Crippen LogP contribution is -2.74. The fourth-order valence-corrected chi connectivity index (χ4v) is 4.38. The maximum absolute atomic E-state index is 12.7. The van der Waals surface area contributed by atoms with E-state index in [9.17, 15) is 27.4 Å². The number of nitrogens with one attached hydrogen (secondary N) is 2. The third-order valence-corrected chi connectivity index (χ3v) is 6.00. The molecule has 3 rings (SSSR count). The maximum atomic E-state index is 12.7. The molecule has 1 aromatic heterocycles. The first-order valence-electron chi connectivity index (χ1n) is 8.90. The minimum absolute atomic E-state index is 0.0826. The van der Waals surface area contributed by atoms with Crippen LogP contribution in [0.5, 0.6) is 0 Å². The van der Waals surface area contributed by atoms with Crippen molar-refractivity contribution in [2.75, 3.05) is 19.4 Å². The van der Waals surface area contributed by atoms with E-state index in [0.29, 0.717) is 5.56 Å². The number of benzene rings is 1. The molecule has 0 bridgehead atoms. The molecule has 1 fully saturated rings. The van der Waals surface area contributed by atoms with Crippen LogP contribution in [0.2, 0.25) is 0 Å². The summed E-state index contributed by atoms with van der Waals surface area (Å²) in [5, 5.41) is 9.99. The van der Waals surface area contributed by atoms with Gasteiger partial charge in [0, 0.05) is 17.5 Å². The summed E-state index contributed by atoms with van der Waals surface area (Å²) in [6, 6.07) is 5.40. The number of carbonyl (C=O) groups excluding carboxylic acids is 3. The Morgan fingerprint density at radius 1 is 1.34 bits per heavy atom. The molecule has 0 aliphatic carbocycles. The predicted molar refractivity (Wildman–Crippen MR) is 113 cm³/mol. The molecule has 0 radical (unpaired) electrons. The number of nitrogen functional groups attached to an aromatic ring is 1. The van der Waals surface area contributed by atoms with Crippen molar-refractivity contribution in [1.82, 2.24) is 19.9 Å². The second-order valence-corrected chi connectivity index (χ2v) is 8.58. The second-order valence-electron chi connectivity index (χ2n) is 6.40. The molecule has 2 atom stereocenters. The van der Waals surface area contributed by atoms with Crippen molar-refractivity contribution < 1.29 is 32.2 Å². The summed E-state index contributed by atoms with van der Waals surface area (Å²) in [5.41, 5.74) is 5.64. The summed E-state index contributed by atoms with van der Waals surface area (Å²) in [5.74, 6) is -2.52. The number of rotatable bonds is 8. The van der Waals surface area contributed by atoms with Gasteiger partial charge in [-0.2, -0.15) is 8.42 Å². The molecule has 0 unspecified atom stereocenters. The molecule has 0 spiro atoms. The van der Waals surface area contributed by atoms with Gasteiger partial charge in [-0.25, -0.2) is 9.29 Å². The van der Waals surface area contributed by atoms with E-state index in [4.69, 9.17) is 5.73 Å². The number of nitrogens with two attached hydrogens (primary N) is 1. The highest BCUT2D eigenvalue weighted by atomic mass is 32.2. The molecule has 1 aliphatic heterocycles. The summed E-state index contributed by atoms with van der Waals surface area (Å²) >= 11 is 1.04. The van der Waals surface area contributed by atoms with E-state index < -0.39 is 40.1 Å². The number of β-lactam (4-membered cyclic amide) rings is 1. The van der Waals surface area contributed by atoms with Crippen molar-refractivity contribution >= 4 is 50.2 Å². The van der Waals surface area contributed by atoms with E-state index in [-0.39, 0.29) is 27.4 Å². The van der Waals surface area contributed by atoms with Gasteiger partial charge in [-0.15, -0.1) is 11.3 Å². The smallest absolute Gasteiger partial charge is 0.362 e. The van der Waals surface area contributed by atoms with Crippen LogP contribution in [-0.4, -0.2) is 71.4 Å². The zero-order valence-electron chi connectivity index (χ0n) is 16.5. The van der Waals surface area contributed by atoms with Crippen molar-refractivity contribution in [3.05, 3.63) is 47.0 Å². The summed E-state index contributed by atoms with van der Waals surface area (Å²) in [6.45, 7) is -0.370. The van der Waals surface area contributed by atoms with Crippen LogP contribution in [-0.2, 0) is 24.7 Å². The van der Waals surface area contributed by atoms with Crippen LogP contribution >= 0.6 is 11.3 Å². The number of thiazole rings is 1. The topological polar surface area (TPSA) is 193 Å². The van der Waals surface area contributed by atoms with E-state index in [1.54, 1.807) is 18.2 Å². The monoisotopic (exact) mass is 482 g/mol. The number of anilines is 1. The molecule has 1 saturated heterocycles. The molecule has 15 heteroatoms. The standard InChI is InChI=1S/C17H18N6O7S2/c1-30-22-12(10-8-31-17(18)20-10)15(25)21-13-11(23(16(13)26)32(27,28)29)7-19-14(24)9-5-3-2-4-6-9/h2-6,8,11,13H,7H2,1H3,(H2,18,20)(H,19,24)(H,21,25)(H,27,28,29)/t11-,13+/m1/s1. The largest absolute Gasteiger partial charge is 0.398 e. The number of nitrogens with zero attached hydrogens (tertiary/aromatic N) is 3. The number of hydrogen-bond donors (Lipinski definition) is 4. The highest BCUT2D eigenvalue weighted by Gasteiger charge is 2.54. The van der Waals surface area contributed by atoms with Gasteiger partial charge in [0.2, 0.25) is 0 Å². The van der Waals surface area contributed by atoms with E-state index in [0.717, 1.165) is 11.3 Å². The SMILES string of the molecule is CON=C(C(=O)N[C@@H]1C(=O)N(S(=O)(=O)O)[C@@H]1CNC(=O)c1ccccc1)c1csc(N)n1. The Hall–Kier alpha value is -3.56. The van der Waals surface area contributed by atoms with Gasteiger partial charge in [-0.05, 0) is 12.1 Å². The third kappa shape index (κ3) is 4.84. The molecule has 1 aliphatic rings. The van der Waals surface area contributed by atoms with Gasteiger partial charge in [0.1, 0.15) is 18.8 Å². The number of amides is 3. The molecule has 2 heterocycles. The summed E-state index contributed by atoms with van der Waals surface area (Å²) in [7, 11) is -3.73. The first kappa shape index (κ1) is 23.1. The van der Waals surface area contributed by atoms with Crippen LogP contribution in [0.1, 0.15) is 16.1 Å². The molecule has 0 saturated carbocycles. The lowest BCUT2D eigenvalue weighted by Gasteiger charge is -2.44. The Kier molecular flexibility index (Phi) is 6.71. The highest BCUT2D eigenvalue weighted by Crippen LogP contribution is 2.23. The third-order valence-electron chi connectivity index (χ3n) is 4.37. The normalized spacial score (nSPS) is 18.6. The Morgan fingerprint density at radius 2 is 2.03 bits per heavy atom. The predicted octanol–water partition coefficient (Wildman–Crippen LogP) is -0.996. The molecule has 1 aromatic carbocycles. The van der Waals surface area contributed by atoms with Crippen molar-refractivity contribution in [3.8, 4) is 0 Å². The lowest BCUT2D eigenvalue weighted by molar-refractivity contribution is -0.144. The first-order chi connectivity index (χ1) is 15.1. The zero-order valence-corrected chi connectivity index (χ0v) is 18.1. The average Bonchev–Trinajstić information content (AvgIpc) is 3.17. The highest BCUT2D eigenvalue weighted by molar-refractivity contribution is 7.84. The number of oxime groups is 1. The van der Waals surface area contributed by atoms with Gasteiger partial charge in [0.05, 0.1) is 6.04 Å². The Morgan fingerprint density at radius 3 is 2.59 bits per heavy atom. The van der Waals surface area contributed by atoms with Crippen LogP contribution in [0.4, 0.5) is 5.13 Å². The molecule has 5 N–H and O–H groups in total. The maximum Gasteiger partial charge on any atom is 0.362 e. The minimum Gasteiger partial charge on any atom is -0.398 e. The van der Waals surface area contributed by atoms with Gasteiger partial charge in [0.15, 0.2) is 10.8 Å². The average molecular weight is 483 g/mol. The zero-order chi connectivity index (χ0) is 23.5. The fraction of sp³-hybridized carbons (Fsp3) is 0.235. The van der Waals surface area contributed by atoms with Gasteiger partial charge < -0.3 is 21.2 Å². The van der Waals surface area contributed by atoms with Crippen LogP contribution in [0, 0.1) is 0 Å². The Bertz CT molecular complexity index is 1170. The van der Waals surface area contributed by atoms with Gasteiger partial charge in [0.25, 0.3) is 17.7 Å². The van der Waals surface area contributed by atoms with Crippen LogP contribution in [0.25, 0.3) is 0 Å². The van der Waals surface area contributed by atoms with Crippen molar-refractivity contribution in [2.24, 2.45) is 5.16 Å². The van der Waals surface area contributed by atoms with Gasteiger partial charge >= 0.3 is 10.3 Å². The van der Waals surface area contributed by atoms with Crippen molar-refractivity contribution in [2.45, 2.75) is 12.1 Å². The minimum atomic E-state index is -4.93. The first-order valence-corrected chi connectivity index (χ1v) is 11.2. The quantitative estimate of drug-likeness (QED) is 0.158. The summed E-state index contributed by atoms with van der Waals surface area (Å²) < 4.78 is 32.8. The molecular formula is C17H18N6O7S2. The molecule has 170 valence electrons. The lowest BCUT2D eigenvalue weighted by atomic mass is 9.98. The van der Waals surface area contributed by atoms with Crippen LogP contribution in [0.3, 0.4) is 0 Å². The number of carbonyl (C=O) groups is 3. The van der Waals surface area contributed by atoms with E-state index >= 15 is 0 Å². The fourth-order valence-electron chi connectivity index (χ4n) is 2.95. The van der Waals surface area contributed by atoms with Crippen molar-refractivity contribution in [3.63, 3.8) is 0 Å². The van der Waals surface area contributed by atoms with Gasteiger partial charge in [-0.3, -0.25) is 18.9 Å². The summed E-state index contributed by atoms with van der Waals surface area (Å²) in [4.78, 5) is 45.9. The van der Waals surface area contributed by atoms with Crippen LogP contribution in [0.15, 0.2) is 40.9 Å². The Balaban J connectivity index is 1.77. The summed E-state index contributed by atoms with van der Waals surface area (Å²) in [6.07, 6.45) is 0. The molecule has 13 nitrogen and oxygen atoms in total. The van der Waals surface area contributed by atoms with Crippen LogP contribution < -0.4 is 16.4 Å². The molecular weight excluding hydrogens is 464 g/mol. The van der Waals surface area contributed by atoms with E-state index in [1.165, 1.54) is 24.6 Å². The van der Waals surface area contributed by atoms with E-state index in [2.05, 4.69) is 25.6 Å². The number of hydrogen-bond acceptors (Lipinski definition) is 10. The molecule has 2 aromatic rings.